The van der Waals surface area contributed by atoms with E-state index in [9.17, 15) is 74.1 Å². The smallest absolute Gasteiger partial charge is 0.261 e. The van der Waals surface area contributed by atoms with Crippen LogP contribution in [0.2, 0.25) is 0 Å². The maximum Gasteiger partial charge on any atom is 0.261 e. The Balaban J connectivity index is 1.19. The molecular formula is C56H71N9O21S. The van der Waals surface area contributed by atoms with E-state index in [1.54, 1.807) is 18.2 Å². The molecule has 15 N–H and O–H groups in total. The molecule has 31 heteroatoms. The molecule has 0 saturated carbocycles. The average Bonchev–Trinajstić information content (AvgIpc) is 2.66. The maximum atomic E-state index is 14.7. The van der Waals surface area contributed by atoms with E-state index in [0.717, 1.165) is 53.7 Å². The zero-order chi connectivity index (χ0) is 63.2. The molecule has 0 aliphatic carbocycles. The van der Waals surface area contributed by atoms with Crippen LogP contribution in [0.1, 0.15) is 75.2 Å². The van der Waals surface area contributed by atoms with Gasteiger partial charge in [-0.3, -0.25) is 38.4 Å². The van der Waals surface area contributed by atoms with Crippen LogP contribution < -0.4 is 41.2 Å². The fraction of sp³-hybridized carbons (Fsp3) is 0.482. The molecule has 0 spiro atoms. The Morgan fingerprint density at radius 3 is 2.16 bits per heavy atom. The van der Waals surface area contributed by atoms with E-state index < -0.39 is 177 Å². The highest BCUT2D eigenvalue weighted by molar-refractivity contribution is 7.90. The van der Waals surface area contributed by atoms with Crippen molar-refractivity contribution in [2.75, 3.05) is 26.2 Å². The molecule has 3 aliphatic heterocycles. The lowest BCUT2D eigenvalue weighted by Gasteiger charge is -2.33. The zero-order valence-corrected chi connectivity index (χ0v) is 48.2. The third-order valence-electron chi connectivity index (χ3n) is 14.9. The molecule has 13 atom stereocenters. The minimum absolute atomic E-state index is 0.0106. The minimum Gasteiger partial charge on any atom is -0.504 e. The summed E-state index contributed by atoms with van der Waals surface area (Å²) in [5.74, 6) is -9.98. The largest absolute Gasteiger partial charge is 0.504 e. The van der Waals surface area contributed by atoms with E-state index >= 15 is 0 Å². The van der Waals surface area contributed by atoms with Gasteiger partial charge in [-0.15, -0.1) is 0 Å². The molecule has 30 nitrogen and oxygen atoms in total. The summed E-state index contributed by atoms with van der Waals surface area (Å²) in [7, 11) is 0. The topological polar surface area (TPSA) is 454 Å². The first-order chi connectivity index (χ1) is 41.5. The van der Waals surface area contributed by atoms with Gasteiger partial charge in [0, 0.05) is 67.6 Å². The summed E-state index contributed by atoms with van der Waals surface area (Å²) >= 11 is 0.0555. The van der Waals surface area contributed by atoms with Gasteiger partial charge in [0.05, 0.1) is 49.7 Å². The van der Waals surface area contributed by atoms with Crippen LogP contribution in [0.5, 0.6) is 17.2 Å². The second kappa shape index (κ2) is 30.6. The molecule has 87 heavy (non-hydrogen) atoms. The fourth-order valence-corrected chi connectivity index (χ4v) is 10.5. The monoisotopic (exact) mass is 1240 g/mol. The van der Waals surface area contributed by atoms with E-state index in [0.29, 0.717) is 29.4 Å². The second-order valence-electron chi connectivity index (χ2n) is 21.5. The number of unbranched alkanes of at least 4 members (excludes halogenated alkanes) is 2. The Bertz CT molecular complexity index is 3060. The van der Waals surface area contributed by atoms with Crippen molar-refractivity contribution in [2.24, 2.45) is 11.7 Å². The molecule has 472 valence electrons. The number of carbonyl (C=O) groups is 8. The Morgan fingerprint density at radius 2 is 1.48 bits per heavy atom. The first kappa shape index (κ1) is 66.5. The number of rotatable bonds is 20. The summed E-state index contributed by atoms with van der Waals surface area (Å²) < 4.78 is 20.7. The van der Waals surface area contributed by atoms with E-state index in [1.807, 2.05) is 24.3 Å². The van der Waals surface area contributed by atoms with Gasteiger partial charge in [-0.25, -0.2) is 5.26 Å². The van der Waals surface area contributed by atoms with Crippen molar-refractivity contribution in [3.8, 4) is 39.8 Å². The highest BCUT2D eigenvalue weighted by atomic mass is 32.2. The third-order valence-corrected chi connectivity index (χ3v) is 15.3. The Kier molecular flexibility index (Phi) is 23.4. The number of ether oxygens (including phenoxy) is 1. The number of β-amino-alcohol motifs (C(OH)–C–C–N with tert-alkyl or cyclic N) is 1. The molecule has 0 bridgehead atoms. The van der Waals surface area contributed by atoms with Crippen molar-refractivity contribution < 1.29 is 102 Å². The minimum atomic E-state index is -2.22. The highest BCUT2D eigenvalue weighted by Gasteiger charge is 2.50. The number of phenolic OH excluding ortho intramolecular Hbond substituents is 1. The summed E-state index contributed by atoms with van der Waals surface area (Å²) in [4.78, 5) is 115. The van der Waals surface area contributed by atoms with Crippen LogP contribution in [0.3, 0.4) is 0 Å². The van der Waals surface area contributed by atoms with Crippen LogP contribution in [0, 0.1) is 5.92 Å². The molecule has 3 saturated heterocycles. The average molecular weight is 1240 g/mol. The van der Waals surface area contributed by atoms with Crippen LogP contribution in [-0.2, 0) is 49.4 Å². The molecule has 3 aromatic carbocycles. The van der Waals surface area contributed by atoms with E-state index in [-0.39, 0.29) is 29.2 Å². The Labute approximate surface area is 501 Å². The number of carbonyl (C=O) groups excluding carboxylic acids is 8. The second-order valence-corrected chi connectivity index (χ2v) is 21.9. The predicted octanol–water partition coefficient (Wildman–Crippen LogP) is -1.53. The number of aliphatic hydroxyl groups is 6. The number of amides is 8. The molecule has 13 unspecified atom stereocenters. The Morgan fingerprint density at radius 1 is 0.805 bits per heavy atom. The predicted molar refractivity (Wildman–Crippen MR) is 302 cm³/mol. The fourth-order valence-electron chi connectivity index (χ4n) is 10.3. The van der Waals surface area contributed by atoms with Crippen LogP contribution in [0.4, 0.5) is 0 Å². The van der Waals surface area contributed by atoms with Gasteiger partial charge in [0.25, 0.3) is 18.2 Å². The number of nitrogens with zero attached hydrogens (tertiary/aromatic N) is 3. The van der Waals surface area contributed by atoms with Crippen molar-refractivity contribution in [1.29, 1.82) is 0 Å². The van der Waals surface area contributed by atoms with Gasteiger partial charge in [0.15, 0.2) is 17.3 Å². The quantitative estimate of drug-likeness (QED) is 0.0207. The molecule has 7 rings (SSSR count). The summed E-state index contributed by atoms with van der Waals surface area (Å²) in [5, 5.41) is 107. The van der Waals surface area contributed by atoms with Gasteiger partial charge in [-0.1, -0.05) is 59.4 Å². The molecule has 1 aromatic heterocycles. The van der Waals surface area contributed by atoms with E-state index in [4.69, 9.17) is 24.4 Å². The van der Waals surface area contributed by atoms with Crippen molar-refractivity contribution in [3.63, 3.8) is 0 Å². The number of hydrogen-bond acceptors (Lipinski definition) is 23. The van der Waals surface area contributed by atoms with Crippen LogP contribution >= 0.6 is 12.3 Å². The van der Waals surface area contributed by atoms with Crippen LogP contribution in [0.15, 0.2) is 77.3 Å². The molecule has 3 fully saturated rings. The zero-order valence-electron chi connectivity index (χ0n) is 47.4. The molecular weight excluding hydrogens is 1170 g/mol. The molecule has 3 aliphatic rings. The van der Waals surface area contributed by atoms with Crippen molar-refractivity contribution in [1.82, 2.24) is 41.5 Å². The first-order valence-corrected chi connectivity index (χ1v) is 28.6. The number of aromatic nitrogens is 1. The van der Waals surface area contributed by atoms with Gasteiger partial charge in [0.1, 0.15) is 47.7 Å². The number of aliphatic hydroxyl groups excluding tert-OH is 6. The van der Waals surface area contributed by atoms with Gasteiger partial charge in [-0.2, -0.15) is 0 Å². The summed E-state index contributed by atoms with van der Waals surface area (Å²) in [6, 6.07) is 6.72. The van der Waals surface area contributed by atoms with E-state index in [2.05, 4.69) is 48.0 Å². The number of hydrogen-bond donors (Lipinski definition) is 14. The van der Waals surface area contributed by atoms with Gasteiger partial charge in [-0.05, 0) is 67.4 Å². The Hall–Kier alpha value is -7.98. The summed E-state index contributed by atoms with van der Waals surface area (Å²) in [6.07, 6.45) is -10.6. The van der Waals surface area contributed by atoms with Gasteiger partial charge < -0.3 is 91.3 Å². The number of fused-ring (bicyclic) bond motifs is 2. The normalized spacial score (nSPS) is 25.4. The lowest BCUT2D eigenvalue weighted by atomic mass is 9.98. The van der Waals surface area contributed by atoms with Gasteiger partial charge >= 0.3 is 0 Å². The number of benzene rings is 3. The molecule has 4 aromatic rings. The van der Waals surface area contributed by atoms with Crippen molar-refractivity contribution in [3.05, 3.63) is 83.9 Å². The highest BCUT2D eigenvalue weighted by Crippen LogP contribution is 2.32. The maximum absolute atomic E-state index is 14.7. The molecule has 0 radical (unpaired) electrons. The van der Waals surface area contributed by atoms with Crippen molar-refractivity contribution in [2.45, 2.75) is 139 Å². The summed E-state index contributed by atoms with van der Waals surface area (Å²) in [5.41, 5.74) is 7.14. The number of phenols is 1. The van der Waals surface area contributed by atoms with Crippen LogP contribution in [0.25, 0.3) is 22.6 Å². The molecule has 4 heterocycles. The number of nitrogens with one attached hydrogen (secondary N) is 5. The standard InChI is InChI=1S/C56H71N9O21S/c1-4-5-6-17-82-35-14-12-31(13-15-35)42-22-36(63-83-42)30-8-10-32(11-9-30)50(74)59-37-20-33(67)24-58-54(78)48-49(73)27(2)25-65(48)56(80)47(41(71)23-44(57)72)62-53(77)46(40(70)18-29-7-16-39(69)43(19-29)84-87-86-85-81)61-52(76)38-21-34(68)26-64(38)55(79)45(28(3)66)60-51(37)75/h7-16,19,22,27-28,33-34,37-38,40-41,45-49,66-71,73,81H,4-6,17-18,20-21,23-26H2,1-3H3,(H2,57,72)(H,58,78)(H,59,74)(H,60,75)(H,61,76)(H,62,77). The first-order valence-electron chi connectivity index (χ1n) is 27.9. The van der Waals surface area contributed by atoms with Crippen molar-refractivity contribution >= 4 is 59.6 Å². The SMILES string of the molecule is CCCCCOc1ccc(-c2cc(-c3ccc(C(=O)NC4CC(O)CNC(=O)C5C(O)C(C)CN5C(=O)C(C(O)CC(N)=O)NC(=O)C(C(O)Cc5ccc(O)c(OSOOO)c5)NC(=O)C5CC(O)CN5C(=O)C(C(C)O)NC4=O)cc3)no2)cc1. The number of nitrogens with two attached hydrogens (primary N) is 1. The van der Waals surface area contributed by atoms with E-state index in [1.165, 1.54) is 25.1 Å². The molecule has 8 amide bonds. The van der Waals surface area contributed by atoms with Gasteiger partial charge in [0.2, 0.25) is 41.4 Å². The number of primary amides is 1. The lowest BCUT2D eigenvalue weighted by Crippen LogP contribution is -2.64. The van der Waals surface area contributed by atoms with Crippen LogP contribution in [-0.4, -0.2) is 202 Å². The lowest BCUT2D eigenvalue weighted by molar-refractivity contribution is -0.433. The summed E-state index contributed by atoms with van der Waals surface area (Å²) in [6.45, 7) is 3.54. The third kappa shape index (κ3) is 17.2. The number of aromatic hydroxyl groups is 1.